The molecule has 0 aliphatic heterocycles. The largest absolute Gasteiger partial charge is 0.497 e. The molecule has 0 saturated carbocycles. The van der Waals surface area contributed by atoms with E-state index in [-0.39, 0.29) is 0 Å². The second kappa shape index (κ2) is 7.91. The molecular formula is C22H24N2O2. The van der Waals surface area contributed by atoms with E-state index < -0.39 is 0 Å². The van der Waals surface area contributed by atoms with E-state index in [0.717, 1.165) is 28.5 Å². The lowest BCUT2D eigenvalue weighted by Crippen LogP contribution is -2.00. The average Bonchev–Trinajstić information content (AvgIpc) is 3.02. The molecule has 0 fully saturated rings. The Morgan fingerprint density at radius 1 is 0.962 bits per heavy atom. The van der Waals surface area contributed by atoms with Crippen LogP contribution in [0.4, 0.5) is 5.69 Å². The first-order chi connectivity index (χ1) is 12.5. The highest BCUT2D eigenvalue weighted by Gasteiger charge is 2.03. The molecule has 0 aliphatic rings. The molecule has 0 amide bonds. The zero-order chi connectivity index (χ0) is 18.5. The summed E-state index contributed by atoms with van der Waals surface area (Å²) in [6, 6.07) is 17.8. The lowest BCUT2D eigenvalue weighted by molar-refractivity contribution is 0.409. The highest BCUT2D eigenvalue weighted by molar-refractivity contribution is 5.82. The van der Waals surface area contributed by atoms with Gasteiger partial charge in [-0.15, -0.1) is 0 Å². The van der Waals surface area contributed by atoms with Crippen molar-refractivity contribution in [2.45, 2.75) is 26.8 Å². The lowest BCUT2D eigenvalue weighted by atomic mass is 10.3. The van der Waals surface area contributed by atoms with Gasteiger partial charge in [0.2, 0.25) is 0 Å². The van der Waals surface area contributed by atoms with E-state index in [4.69, 9.17) is 9.47 Å². The molecular weight excluding hydrogens is 324 g/mol. The summed E-state index contributed by atoms with van der Waals surface area (Å²) in [4.78, 5) is 4.55. The minimum absolute atomic E-state index is 0.449. The third kappa shape index (κ3) is 4.33. The van der Waals surface area contributed by atoms with Crippen LogP contribution >= 0.6 is 0 Å². The predicted molar refractivity (Wildman–Crippen MR) is 106 cm³/mol. The highest BCUT2D eigenvalue weighted by Crippen LogP contribution is 2.26. The zero-order valence-electron chi connectivity index (χ0n) is 15.6. The molecule has 0 radical (unpaired) electrons. The lowest BCUT2D eigenvalue weighted by Gasteiger charge is -2.08. The van der Waals surface area contributed by atoms with Crippen LogP contribution in [-0.4, -0.2) is 17.9 Å². The fraction of sp³-hybridized carbons (Fsp3) is 0.227. The summed E-state index contributed by atoms with van der Waals surface area (Å²) in [7, 11) is 1.64. The molecule has 2 aromatic carbocycles. The first-order valence-electron chi connectivity index (χ1n) is 8.69. The molecule has 0 N–H and O–H groups in total. The Kier molecular flexibility index (Phi) is 5.42. The highest BCUT2D eigenvalue weighted by atomic mass is 16.5. The number of benzene rings is 2. The SMILES string of the molecule is COc1cccc(Oc2ccc(N=Cc3cc(C)n(C(C)C)c3)cc2)c1. The third-order valence-corrected chi connectivity index (χ3v) is 4.10. The van der Waals surface area contributed by atoms with E-state index in [1.54, 1.807) is 7.11 Å². The van der Waals surface area contributed by atoms with Crippen molar-refractivity contribution < 1.29 is 9.47 Å². The maximum Gasteiger partial charge on any atom is 0.131 e. The van der Waals surface area contributed by atoms with E-state index in [1.807, 2.05) is 54.7 Å². The second-order valence-electron chi connectivity index (χ2n) is 6.45. The third-order valence-electron chi connectivity index (χ3n) is 4.10. The molecule has 0 saturated heterocycles. The number of ether oxygens (including phenoxy) is 2. The molecule has 4 heteroatoms. The van der Waals surface area contributed by atoms with E-state index in [9.17, 15) is 0 Å². The van der Waals surface area contributed by atoms with Crippen LogP contribution in [0.25, 0.3) is 0 Å². The number of nitrogens with zero attached hydrogens (tertiary/aromatic N) is 2. The fourth-order valence-corrected chi connectivity index (χ4v) is 2.79. The Hall–Kier alpha value is -3.01. The zero-order valence-corrected chi connectivity index (χ0v) is 15.6. The second-order valence-corrected chi connectivity index (χ2v) is 6.45. The van der Waals surface area contributed by atoms with Crippen molar-refractivity contribution in [3.8, 4) is 17.2 Å². The van der Waals surface area contributed by atoms with Crippen molar-refractivity contribution in [2.24, 2.45) is 4.99 Å². The van der Waals surface area contributed by atoms with Gasteiger partial charge in [0.05, 0.1) is 12.8 Å². The van der Waals surface area contributed by atoms with E-state index in [0.29, 0.717) is 6.04 Å². The van der Waals surface area contributed by atoms with Crippen molar-refractivity contribution >= 4 is 11.9 Å². The minimum Gasteiger partial charge on any atom is -0.497 e. The number of aliphatic imine (C=N–C) groups is 1. The van der Waals surface area contributed by atoms with E-state index >= 15 is 0 Å². The minimum atomic E-state index is 0.449. The Bertz CT molecular complexity index is 893. The van der Waals surface area contributed by atoms with Crippen LogP contribution in [0.1, 0.15) is 31.1 Å². The molecule has 26 heavy (non-hydrogen) atoms. The van der Waals surface area contributed by atoms with Crippen molar-refractivity contribution in [2.75, 3.05) is 7.11 Å². The van der Waals surface area contributed by atoms with Gasteiger partial charge in [0.1, 0.15) is 17.2 Å². The van der Waals surface area contributed by atoms with E-state index in [1.165, 1.54) is 5.69 Å². The molecule has 0 unspecified atom stereocenters. The van der Waals surface area contributed by atoms with Gasteiger partial charge in [0.15, 0.2) is 0 Å². The number of aryl methyl sites for hydroxylation is 1. The molecule has 3 rings (SSSR count). The molecule has 134 valence electrons. The summed E-state index contributed by atoms with van der Waals surface area (Å²) in [5.74, 6) is 2.28. The fourth-order valence-electron chi connectivity index (χ4n) is 2.79. The van der Waals surface area contributed by atoms with Gasteiger partial charge in [-0.25, -0.2) is 0 Å². The Morgan fingerprint density at radius 2 is 1.69 bits per heavy atom. The summed E-state index contributed by atoms with van der Waals surface area (Å²) in [5.41, 5.74) is 3.23. The molecule has 1 aromatic heterocycles. The van der Waals surface area contributed by atoms with Crippen molar-refractivity contribution in [3.63, 3.8) is 0 Å². The monoisotopic (exact) mass is 348 g/mol. The van der Waals surface area contributed by atoms with Crippen LogP contribution in [0.5, 0.6) is 17.2 Å². The number of aromatic nitrogens is 1. The number of methoxy groups -OCH3 is 1. The normalized spacial score (nSPS) is 11.3. The van der Waals surface area contributed by atoms with Crippen molar-refractivity contribution in [1.82, 2.24) is 4.57 Å². The maximum atomic E-state index is 5.85. The van der Waals surface area contributed by atoms with Gasteiger partial charge in [0.25, 0.3) is 0 Å². The summed E-state index contributed by atoms with van der Waals surface area (Å²) in [6.07, 6.45) is 4.02. The molecule has 4 nitrogen and oxygen atoms in total. The van der Waals surface area contributed by atoms with Crippen LogP contribution in [0.15, 0.2) is 65.8 Å². The smallest absolute Gasteiger partial charge is 0.131 e. The first kappa shape index (κ1) is 17.8. The van der Waals surface area contributed by atoms with Crippen LogP contribution in [-0.2, 0) is 0 Å². The Labute approximate surface area is 154 Å². The quantitative estimate of drug-likeness (QED) is 0.518. The molecule has 0 aliphatic carbocycles. The van der Waals surface area contributed by atoms with Crippen molar-refractivity contribution in [1.29, 1.82) is 0 Å². The van der Waals surface area contributed by atoms with Crippen LogP contribution < -0.4 is 9.47 Å². The maximum absolute atomic E-state index is 5.85. The summed E-state index contributed by atoms with van der Waals surface area (Å²) in [6.45, 7) is 6.46. The van der Waals surface area contributed by atoms with Crippen LogP contribution in [0.2, 0.25) is 0 Å². The summed E-state index contributed by atoms with van der Waals surface area (Å²) >= 11 is 0. The molecule has 0 atom stereocenters. The molecule has 3 aromatic rings. The summed E-state index contributed by atoms with van der Waals surface area (Å²) < 4.78 is 13.3. The van der Waals surface area contributed by atoms with Crippen LogP contribution in [0, 0.1) is 6.92 Å². The van der Waals surface area contributed by atoms with Crippen LogP contribution in [0.3, 0.4) is 0 Å². The van der Waals surface area contributed by atoms with E-state index in [2.05, 4.69) is 42.6 Å². The molecule has 0 bridgehead atoms. The standard InChI is InChI=1S/C22H24N2O2/c1-16(2)24-15-18(12-17(24)3)14-23-19-8-10-20(11-9-19)26-22-7-5-6-21(13-22)25-4/h5-16H,1-4H3. The Morgan fingerprint density at radius 3 is 2.35 bits per heavy atom. The van der Waals surface area contributed by atoms with Gasteiger partial charge >= 0.3 is 0 Å². The predicted octanol–water partition coefficient (Wildman–Crippen LogP) is 5.93. The number of hydrogen-bond acceptors (Lipinski definition) is 3. The van der Waals surface area contributed by atoms with Gasteiger partial charge in [-0.1, -0.05) is 6.07 Å². The van der Waals surface area contributed by atoms with Gasteiger partial charge < -0.3 is 14.0 Å². The number of rotatable bonds is 6. The van der Waals surface area contributed by atoms with Gasteiger partial charge in [-0.3, -0.25) is 4.99 Å². The van der Waals surface area contributed by atoms with Crippen molar-refractivity contribution in [3.05, 3.63) is 72.1 Å². The van der Waals surface area contributed by atoms with Gasteiger partial charge in [-0.05, 0) is 63.2 Å². The summed E-state index contributed by atoms with van der Waals surface area (Å²) in [5, 5.41) is 0. The first-order valence-corrected chi connectivity index (χ1v) is 8.69. The topological polar surface area (TPSA) is 35.8 Å². The number of hydrogen-bond donors (Lipinski definition) is 0. The average molecular weight is 348 g/mol. The Balaban J connectivity index is 1.68. The molecule has 0 spiro atoms. The van der Waals surface area contributed by atoms with Gasteiger partial charge in [0, 0.05) is 35.8 Å². The van der Waals surface area contributed by atoms with Gasteiger partial charge in [-0.2, -0.15) is 0 Å². The molecule has 1 heterocycles.